The van der Waals surface area contributed by atoms with Crippen LogP contribution >= 0.6 is 0 Å². The minimum atomic E-state index is 0.897. The van der Waals surface area contributed by atoms with Crippen LogP contribution in [0.5, 0.6) is 0 Å². The molecule has 0 aromatic heterocycles. The Kier molecular flexibility index (Phi) is 6.01. The van der Waals surface area contributed by atoms with E-state index in [0.29, 0.717) is 0 Å². The molecule has 3 unspecified atom stereocenters. The highest BCUT2D eigenvalue weighted by molar-refractivity contribution is 4.86. The van der Waals surface area contributed by atoms with Crippen molar-refractivity contribution >= 4 is 0 Å². The molecule has 2 saturated carbocycles. The van der Waals surface area contributed by atoms with E-state index in [-0.39, 0.29) is 0 Å². The maximum absolute atomic E-state index is 3.76. The van der Waals surface area contributed by atoms with Gasteiger partial charge in [0, 0.05) is 6.04 Å². The van der Waals surface area contributed by atoms with Crippen molar-refractivity contribution in [3.8, 4) is 0 Å². The molecule has 0 aliphatic heterocycles. The third-order valence-corrected chi connectivity index (χ3v) is 5.24. The van der Waals surface area contributed by atoms with Crippen LogP contribution in [0, 0.1) is 17.8 Å². The van der Waals surface area contributed by atoms with E-state index in [1.807, 2.05) is 0 Å². The summed E-state index contributed by atoms with van der Waals surface area (Å²) in [5.74, 6) is 3.05. The van der Waals surface area contributed by atoms with Gasteiger partial charge in [-0.1, -0.05) is 52.4 Å². The summed E-state index contributed by atoms with van der Waals surface area (Å²) in [4.78, 5) is 0. The molecule has 0 spiro atoms. The predicted octanol–water partition coefficient (Wildman–Crippen LogP) is 4.76. The van der Waals surface area contributed by atoms with Crippen LogP contribution in [0.4, 0.5) is 0 Å². The second kappa shape index (κ2) is 7.53. The summed E-state index contributed by atoms with van der Waals surface area (Å²) in [6.45, 7) is 6.04. The second-order valence-corrected chi connectivity index (χ2v) is 6.79. The summed E-state index contributed by atoms with van der Waals surface area (Å²) < 4.78 is 0. The van der Waals surface area contributed by atoms with Crippen molar-refractivity contribution in [2.45, 2.75) is 84.1 Å². The molecule has 1 nitrogen and oxygen atoms in total. The van der Waals surface area contributed by atoms with Crippen LogP contribution < -0.4 is 5.32 Å². The van der Waals surface area contributed by atoms with Crippen LogP contribution in [0.2, 0.25) is 0 Å². The first-order chi connectivity index (χ1) is 8.83. The Bertz CT molecular complexity index is 222. The van der Waals surface area contributed by atoms with Gasteiger partial charge >= 0.3 is 0 Å². The Labute approximate surface area is 114 Å². The third kappa shape index (κ3) is 4.57. The van der Waals surface area contributed by atoms with Crippen LogP contribution in [0.25, 0.3) is 0 Å². The lowest BCUT2D eigenvalue weighted by molar-refractivity contribution is 0.276. The van der Waals surface area contributed by atoms with E-state index in [4.69, 9.17) is 0 Å². The molecule has 0 saturated heterocycles. The highest BCUT2D eigenvalue weighted by Gasteiger charge is 2.30. The summed E-state index contributed by atoms with van der Waals surface area (Å²) in [6.07, 6.45) is 14.6. The van der Waals surface area contributed by atoms with Gasteiger partial charge in [0.15, 0.2) is 0 Å². The zero-order chi connectivity index (χ0) is 12.8. The first kappa shape index (κ1) is 14.4. The van der Waals surface area contributed by atoms with Gasteiger partial charge in [-0.2, -0.15) is 0 Å². The van der Waals surface area contributed by atoms with Crippen LogP contribution in [-0.4, -0.2) is 12.6 Å². The zero-order valence-electron chi connectivity index (χ0n) is 12.6. The molecule has 2 aliphatic carbocycles. The highest BCUT2D eigenvalue weighted by atomic mass is 14.9. The van der Waals surface area contributed by atoms with Crippen molar-refractivity contribution in [1.29, 1.82) is 0 Å². The van der Waals surface area contributed by atoms with Crippen molar-refractivity contribution < 1.29 is 0 Å². The molecule has 0 aromatic carbocycles. The molecule has 2 rings (SSSR count). The first-order valence-electron chi connectivity index (χ1n) is 8.56. The van der Waals surface area contributed by atoms with Crippen LogP contribution in [0.1, 0.15) is 78.1 Å². The normalized spacial score (nSPS) is 29.7. The van der Waals surface area contributed by atoms with E-state index in [9.17, 15) is 0 Å². The number of unbranched alkanes of at least 4 members (excludes halogenated alkanes) is 1. The molecule has 2 aliphatic rings. The van der Waals surface area contributed by atoms with Gasteiger partial charge < -0.3 is 5.32 Å². The topological polar surface area (TPSA) is 12.0 Å². The van der Waals surface area contributed by atoms with Crippen LogP contribution in [0.3, 0.4) is 0 Å². The first-order valence-corrected chi connectivity index (χ1v) is 8.56. The molecule has 3 atom stereocenters. The van der Waals surface area contributed by atoms with Crippen molar-refractivity contribution in [1.82, 2.24) is 5.32 Å². The zero-order valence-corrected chi connectivity index (χ0v) is 12.6. The van der Waals surface area contributed by atoms with E-state index in [1.165, 1.54) is 70.8 Å². The van der Waals surface area contributed by atoms with E-state index in [2.05, 4.69) is 19.2 Å². The molecule has 0 aromatic rings. The predicted molar refractivity (Wildman–Crippen MR) is 79.8 cm³/mol. The Morgan fingerprint density at radius 3 is 2.50 bits per heavy atom. The largest absolute Gasteiger partial charge is 0.314 e. The Morgan fingerprint density at radius 1 is 1.06 bits per heavy atom. The minimum absolute atomic E-state index is 0.897. The maximum atomic E-state index is 3.76. The second-order valence-electron chi connectivity index (χ2n) is 6.79. The van der Waals surface area contributed by atoms with Gasteiger partial charge in [-0.05, 0) is 50.0 Å². The van der Waals surface area contributed by atoms with E-state index in [1.54, 1.807) is 0 Å². The summed E-state index contributed by atoms with van der Waals surface area (Å²) in [5, 5.41) is 3.76. The average molecular weight is 251 g/mol. The number of hydrogen-bond acceptors (Lipinski definition) is 1. The molecule has 1 heteroatoms. The van der Waals surface area contributed by atoms with Gasteiger partial charge in [0.25, 0.3) is 0 Å². The van der Waals surface area contributed by atoms with Crippen LogP contribution in [0.15, 0.2) is 0 Å². The van der Waals surface area contributed by atoms with Crippen molar-refractivity contribution in [3.05, 3.63) is 0 Å². The lowest BCUT2D eigenvalue weighted by Gasteiger charge is -2.25. The van der Waals surface area contributed by atoms with Crippen LogP contribution in [-0.2, 0) is 0 Å². The smallest absolute Gasteiger partial charge is 0.00683 e. The van der Waals surface area contributed by atoms with E-state index in [0.717, 1.165) is 23.8 Å². The van der Waals surface area contributed by atoms with Crippen molar-refractivity contribution in [2.24, 2.45) is 17.8 Å². The van der Waals surface area contributed by atoms with Gasteiger partial charge in [0.05, 0.1) is 0 Å². The number of nitrogens with one attached hydrogen (secondary N) is 1. The molecule has 106 valence electrons. The summed E-state index contributed by atoms with van der Waals surface area (Å²) in [6, 6.07) is 0.897. The molecule has 2 fully saturated rings. The summed E-state index contributed by atoms with van der Waals surface area (Å²) in [7, 11) is 0. The monoisotopic (exact) mass is 251 g/mol. The summed E-state index contributed by atoms with van der Waals surface area (Å²) in [5.41, 5.74) is 0. The Morgan fingerprint density at radius 2 is 1.83 bits per heavy atom. The molecule has 18 heavy (non-hydrogen) atoms. The number of hydrogen-bond donors (Lipinski definition) is 1. The standard InChI is InChI=1S/C17H33N/c1-3-5-7-14(4-2)12-15-8-6-9-16(15)13-18-17-10-11-17/h14-18H,3-13H2,1-2H3. The molecular formula is C17H33N. The minimum Gasteiger partial charge on any atom is -0.314 e. The molecule has 0 radical (unpaired) electrons. The lowest BCUT2D eigenvalue weighted by atomic mass is 9.83. The lowest BCUT2D eigenvalue weighted by Crippen LogP contribution is -2.27. The molecule has 0 heterocycles. The van der Waals surface area contributed by atoms with Gasteiger partial charge in [0.1, 0.15) is 0 Å². The Hall–Kier alpha value is -0.0400. The number of rotatable bonds is 9. The summed E-state index contributed by atoms with van der Waals surface area (Å²) >= 11 is 0. The van der Waals surface area contributed by atoms with Gasteiger partial charge in [-0.15, -0.1) is 0 Å². The molecule has 0 amide bonds. The van der Waals surface area contributed by atoms with Gasteiger partial charge in [0.2, 0.25) is 0 Å². The molecule has 0 bridgehead atoms. The Balaban J connectivity index is 1.70. The average Bonchev–Trinajstić information content (AvgIpc) is 3.12. The van der Waals surface area contributed by atoms with E-state index < -0.39 is 0 Å². The van der Waals surface area contributed by atoms with Crippen molar-refractivity contribution in [2.75, 3.05) is 6.54 Å². The fourth-order valence-corrected chi connectivity index (χ4v) is 3.71. The SMILES string of the molecule is CCCCC(CC)CC1CCCC1CNC1CC1. The van der Waals surface area contributed by atoms with E-state index >= 15 is 0 Å². The fraction of sp³-hybridized carbons (Fsp3) is 1.00. The van der Waals surface area contributed by atoms with Crippen molar-refractivity contribution in [3.63, 3.8) is 0 Å². The maximum Gasteiger partial charge on any atom is 0.00683 e. The van der Waals surface area contributed by atoms with Gasteiger partial charge in [-0.25, -0.2) is 0 Å². The highest BCUT2D eigenvalue weighted by Crippen LogP contribution is 2.38. The molecular weight excluding hydrogens is 218 g/mol. The fourth-order valence-electron chi connectivity index (χ4n) is 3.71. The molecule has 1 N–H and O–H groups in total. The third-order valence-electron chi connectivity index (χ3n) is 5.24. The van der Waals surface area contributed by atoms with Gasteiger partial charge in [-0.3, -0.25) is 0 Å². The quantitative estimate of drug-likeness (QED) is 0.623.